The molecule has 2 unspecified atom stereocenters. The van der Waals surface area contributed by atoms with E-state index in [1.54, 1.807) is 7.11 Å². The number of hydrogen-bond donors (Lipinski definition) is 1. The molecule has 1 aromatic carbocycles. The van der Waals surface area contributed by atoms with E-state index < -0.39 is 0 Å². The normalized spacial score (nSPS) is 22.4. The molecule has 6 heteroatoms. The molecule has 2 atom stereocenters. The number of cyclic esters (lactones) is 1. The molecule has 0 radical (unpaired) electrons. The molecule has 0 bridgehead atoms. The molecule has 2 heterocycles. The van der Waals surface area contributed by atoms with Crippen molar-refractivity contribution in [3.05, 3.63) is 35.5 Å². The number of pyridine rings is 1. The standard InChI is InChI=1S/C21H24N2O4/c1-12-8-16(17-9-14(26-2)6-7-19(17)23-12)18-10-15(27-21(18)25)11-22-20(24)13-4-3-5-13/h6-9,13,15,18H,3-5,10-11H2,1-2H3,(H,22,24). The average molecular weight is 368 g/mol. The van der Waals surface area contributed by atoms with Crippen molar-refractivity contribution in [1.82, 2.24) is 10.3 Å². The van der Waals surface area contributed by atoms with Gasteiger partial charge >= 0.3 is 5.97 Å². The highest BCUT2D eigenvalue weighted by atomic mass is 16.6. The van der Waals surface area contributed by atoms with Crippen LogP contribution in [0.1, 0.15) is 42.9 Å². The third-order valence-electron chi connectivity index (χ3n) is 5.60. The molecular weight excluding hydrogens is 344 g/mol. The van der Waals surface area contributed by atoms with Gasteiger partial charge in [-0.2, -0.15) is 0 Å². The summed E-state index contributed by atoms with van der Waals surface area (Å²) in [6.07, 6.45) is 3.31. The summed E-state index contributed by atoms with van der Waals surface area (Å²) < 4.78 is 10.9. The fourth-order valence-corrected chi connectivity index (χ4v) is 3.85. The zero-order valence-electron chi connectivity index (χ0n) is 15.7. The Labute approximate surface area is 158 Å². The van der Waals surface area contributed by atoms with E-state index in [0.717, 1.165) is 47.2 Å². The minimum Gasteiger partial charge on any atom is -0.497 e. The summed E-state index contributed by atoms with van der Waals surface area (Å²) in [5.74, 6) is 0.345. The van der Waals surface area contributed by atoms with E-state index in [9.17, 15) is 9.59 Å². The number of nitrogens with zero attached hydrogens (tertiary/aromatic N) is 1. The Morgan fingerprint density at radius 3 is 2.85 bits per heavy atom. The number of esters is 1. The molecule has 1 saturated carbocycles. The summed E-state index contributed by atoms with van der Waals surface area (Å²) in [5.41, 5.74) is 2.60. The molecule has 1 amide bonds. The first kappa shape index (κ1) is 17.8. The fraction of sp³-hybridized carbons (Fsp3) is 0.476. The first-order chi connectivity index (χ1) is 13.0. The maximum absolute atomic E-state index is 12.6. The van der Waals surface area contributed by atoms with Crippen molar-refractivity contribution in [2.45, 2.75) is 44.6 Å². The highest BCUT2D eigenvalue weighted by molar-refractivity contribution is 5.91. The van der Waals surface area contributed by atoms with Crippen LogP contribution in [0, 0.1) is 12.8 Å². The number of aromatic nitrogens is 1. The molecule has 6 nitrogen and oxygen atoms in total. The Morgan fingerprint density at radius 2 is 2.15 bits per heavy atom. The van der Waals surface area contributed by atoms with Crippen LogP contribution in [-0.4, -0.2) is 36.6 Å². The molecule has 27 heavy (non-hydrogen) atoms. The summed E-state index contributed by atoms with van der Waals surface area (Å²) in [6, 6.07) is 7.63. The van der Waals surface area contributed by atoms with Gasteiger partial charge in [-0.1, -0.05) is 6.42 Å². The van der Waals surface area contributed by atoms with E-state index in [2.05, 4.69) is 10.3 Å². The molecule has 1 aromatic heterocycles. The maximum Gasteiger partial charge on any atom is 0.313 e. The lowest BCUT2D eigenvalue weighted by Gasteiger charge is -2.24. The van der Waals surface area contributed by atoms with Crippen LogP contribution >= 0.6 is 0 Å². The molecule has 4 rings (SSSR count). The van der Waals surface area contributed by atoms with Gasteiger partial charge in [0, 0.05) is 23.4 Å². The zero-order valence-corrected chi connectivity index (χ0v) is 15.7. The third kappa shape index (κ3) is 3.48. The quantitative estimate of drug-likeness (QED) is 0.821. The number of hydrogen-bond acceptors (Lipinski definition) is 5. The molecule has 1 aliphatic heterocycles. The first-order valence-corrected chi connectivity index (χ1v) is 9.48. The second kappa shape index (κ2) is 7.18. The number of fused-ring (bicyclic) bond motifs is 1. The van der Waals surface area contributed by atoms with Gasteiger partial charge in [-0.05, 0) is 49.6 Å². The van der Waals surface area contributed by atoms with E-state index in [1.807, 2.05) is 31.2 Å². The van der Waals surface area contributed by atoms with Crippen molar-refractivity contribution in [1.29, 1.82) is 0 Å². The summed E-state index contributed by atoms with van der Waals surface area (Å²) in [7, 11) is 1.62. The number of methoxy groups -OCH3 is 1. The topological polar surface area (TPSA) is 77.5 Å². The van der Waals surface area contributed by atoms with Crippen LogP contribution in [0.4, 0.5) is 0 Å². The lowest BCUT2D eigenvalue weighted by atomic mass is 9.85. The predicted molar refractivity (Wildman–Crippen MR) is 101 cm³/mol. The van der Waals surface area contributed by atoms with E-state index in [1.165, 1.54) is 0 Å². The molecule has 0 spiro atoms. The lowest BCUT2D eigenvalue weighted by Crippen LogP contribution is -2.38. The van der Waals surface area contributed by atoms with Gasteiger partial charge in [-0.3, -0.25) is 14.6 Å². The van der Waals surface area contributed by atoms with Crippen LogP contribution in [-0.2, 0) is 14.3 Å². The average Bonchev–Trinajstić information content (AvgIpc) is 2.98. The van der Waals surface area contributed by atoms with Gasteiger partial charge in [-0.15, -0.1) is 0 Å². The van der Waals surface area contributed by atoms with E-state index in [-0.39, 0.29) is 29.8 Å². The number of ether oxygens (including phenoxy) is 2. The Kier molecular flexibility index (Phi) is 4.72. The van der Waals surface area contributed by atoms with E-state index >= 15 is 0 Å². The first-order valence-electron chi connectivity index (χ1n) is 9.48. The van der Waals surface area contributed by atoms with Gasteiger partial charge in [0.2, 0.25) is 5.91 Å². The summed E-state index contributed by atoms with van der Waals surface area (Å²) in [6.45, 7) is 2.30. The number of aryl methyl sites for hydroxylation is 1. The van der Waals surface area contributed by atoms with Gasteiger partial charge in [-0.25, -0.2) is 0 Å². The van der Waals surface area contributed by atoms with Gasteiger partial charge in [0.25, 0.3) is 0 Å². The minimum absolute atomic E-state index is 0.0793. The van der Waals surface area contributed by atoms with Gasteiger partial charge < -0.3 is 14.8 Å². The molecule has 2 aliphatic rings. The molecule has 1 aliphatic carbocycles. The van der Waals surface area contributed by atoms with Crippen LogP contribution in [0.5, 0.6) is 5.75 Å². The van der Waals surface area contributed by atoms with Crippen molar-refractivity contribution in [3.63, 3.8) is 0 Å². The smallest absolute Gasteiger partial charge is 0.313 e. The van der Waals surface area contributed by atoms with Crippen LogP contribution in [0.25, 0.3) is 10.9 Å². The number of benzene rings is 1. The SMILES string of the molecule is COc1ccc2nc(C)cc(C3CC(CNC(=O)C4CCC4)OC3=O)c2c1. The molecule has 2 fully saturated rings. The molecule has 1 N–H and O–H groups in total. The maximum atomic E-state index is 12.6. The summed E-state index contributed by atoms with van der Waals surface area (Å²) in [4.78, 5) is 29.1. The van der Waals surface area contributed by atoms with Gasteiger partial charge in [0.05, 0.1) is 25.1 Å². The lowest BCUT2D eigenvalue weighted by molar-refractivity contribution is -0.143. The van der Waals surface area contributed by atoms with Crippen LogP contribution in [0.3, 0.4) is 0 Å². The van der Waals surface area contributed by atoms with Gasteiger partial charge in [0.1, 0.15) is 11.9 Å². The molecule has 1 saturated heterocycles. The molecule has 142 valence electrons. The Balaban J connectivity index is 1.54. The monoisotopic (exact) mass is 368 g/mol. The highest BCUT2D eigenvalue weighted by Crippen LogP contribution is 2.36. The minimum atomic E-state index is -0.355. The van der Waals surface area contributed by atoms with Crippen molar-refractivity contribution < 1.29 is 19.1 Å². The van der Waals surface area contributed by atoms with Crippen molar-refractivity contribution in [3.8, 4) is 5.75 Å². The zero-order chi connectivity index (χ0) is 19.0. The molecule has 2 aromatic rings. The largest absolute Gasteiger partial charge is 0.497 e. The Morgan fingerprint density at radius 1 is 1.33 bits per heavy atom. The number of amides is 1. The van der Waals surface area contributed by atoms with Crippen LogP contribution in [0.15, 0.2) is 24.3 Å². The number of carbonyl (C=O) groups is 2. The Hall–Kier alpha value is -2.63. The fourth-order valence-electron chi connectivity index (χ4n) is 3.85. The van der Waals surface area contributed by atoms with E-state index in [0.29, 0.717) is 13.0 Å². The van der Waals surface area contributed by atoms with Crippen molar-refractivity contribution >= 4 is 22.8 Å². The Bertz CT molecular complexity index is 891. The van der Waals surface area contributed by atoms with Gasteiger partial charge in [0.15, 0.2) is 0 Å². The van der Waals surface area contributed by atoms with Crippen molar-refractivity contribution in [2.24, 2.45) is 5.92 Å². The second-order valence-corrected chi connectivity index (χ2v) is 7.46. The van der Waals surface area contributed by atoms with Crippen LogP contribution < -0.4 is 10.1 Å². The summed E-state index contributed by atoms with van der Waals surface area (Å²) >= 11 is 0. The second-order valence-electron chi connectivity index (χ2n) is 7.46. The summed E-state index contributed by atoms with van der Waals surface area (Å²) in [5, 5.41) is 3.84. The van der Waals surface area contributed by atoms with E-state index in [4.69, 9.17) is 9.47 Å². The molecular formula is C21H24N2O4. The van der Waals surface area contributed by atoms with Crippen LogP contribution in [0.2, 0.25) is 0 Å². The predicted octanol–water partition coefficient (Wildman–Crippen LogP) is 2.87. The third-order valence-corrected chi connectivity index (χ3v) is 5.60. The number of nitrogens with one attached hydrogen (secondary N) is 1. The number of rotatable bonds is 5. The van der Waals surface area contributed by atoms with Crippen molar-refractivity contribution in [2.75, 3.05) is 13.7 Å². The highest BCUT2D eigenvalue weighted by Gasteiger charge is 2.37. The number of carbonyl (C=O) groups excluding carboxylic acids is 2.